The third-order valence-electron chi connectivity index (χ3n) is 3.19. The van der Waals surface area contributed by atoms with E-state index in [0.717, 1.165) is 11.4 Å². The van der Waals surface area contributed by atoms with Gasteiger partial charge in [-0.3, -0.25) is 4.68 Å². The van der Waals surface area contributed by atoms with Crippen LogP contribution in [0.4, 0.5) is 0 Å². The van der Waals surface area contributed by atoms with Crippen molar-refractivity contribution in [3.63, 3.8) is 0 Å². The lowest BCUT2D eigenvalue weighted by atomic mass is 10.1. The first-order valence-electron chi connectivity index (χ1n) is 6.00. The van der Waals surface area contributed by atoms with E-state index >= 15 is 0 Å². The van der Waals surface area contributed by atoms with Crippen LogP contribution in [-0.2, 0) is 13.5 Å². The predicted octanol–water partition coefficient (Wildman–Crippen LogP) is 1.95. The molecular weight excluding hydrogens is 252 g/mol. The minimum Gasteiger partial charge on any atom is -0.392 e. The van der Waals surface area contributed by atoms with Crippen molar-refractivity contribution in [2.24, 2.45) is 7.05 Å². The van der Waals surface area contributed by atoms with Crippen LogP contribution in [0.15, 0.2) is 12.3 Å². The van der Waals surface area contributed by atoms with E-state index in [9.17, 15) is 5.11 Å². The largest absolute Gasteiger partial charge is 0.392 e. The maximum atomic E-state index is 10.3. The van der Waals surface area contributed by atoms with Gasteiger partial charge >= 0.3 is 0 Å². The Morgan fingerprint density at radius 1 is 1.53 bits per heavy atom. The summed E-state index contributed by atoms with van der Waals surface area (Å²) in [6, 6.07) is 1.98. The van der Waals surface area contributed by atoms with Gasteiger partial charge in [0.05, 0.1) is 11.8 Å². The fourth-order valence-corrected chi connectivity index (χ4v) is 4.94. The number of aliphatic hydroxyl groups is 1. The summed E-state index contributed by atoms with van der Waals surface area (Å²) in [5.74, 6) is 1.05. The average Bonchev–Trinajstić information content (AvgIpc) is 2.68. The molecule has 0 aromatic carbocycles. The van der Waals surface area contributed by atoms with E-state index < -0.39 is 0 Å². The molecular formula is C12H20N2OS2. The lowest BCUT2D eigenvalue weighted by Gasteiger charge is -2.33. The SMILES string of the molecule is CC1SCC(C(O)Cc2ccn(C)n2)SC1C. The number of thioether (sulfide) groups is 2. The van der Waals surface area contributed by atoms with E-state index in [0.29, 0.717) is 22.2 Å². The zero-order chi connectivity index (χ0) is 12.4. The summed E-state index contributed by atoms with van der Waals surface area (Å²) in [6.45, 7) is 4.52. The Labute approximate surface area is 111 Å². The van der Waals surface area contributed by atoms with Crippen LogP contribution >= 0.6 is 23.5 Å². The van der Waals surface area contributed by atoms with Crippen molar-refractivity contribution in [2.45, 2.75) is 42.1 Å². The van der Waals surface area contributed by atoms with E-state index in [1.54, 1.807) is 4.68 Å². The zero-order valence-corrected chi connectivity index (χ0v) is 12.2. The Hall–Kier alpha value is -0.130. The molecule has 0 bridgehead atoms. The van der Waals surface area contributed by atoms with Gasteiger partial charge in [-0.2, -0.15) is 28.6 Å². The molecule has 5 heteroatoms. The van der Waals surface area contributed by atoms with E-state index in [1.165, 1.54) is 0 Å². The standard InChI is InChI=1S/C12H20N2OS2/c1-8-9(2)17-12(7-16-8)11(15)6-10-4-5-14(3)13-10/h4-5,8-9,11-12,15H,6-7H2,1-3H3. The molecule has 2 rings (SSSR count). The van der Waals surface area contributed by atoms with E-state index in [1.807, 2.05) is 42.8 Å². The molecule has 3 nitrogen and oxygen atoms in total. The zero-order valence-electron chi connectivity index (χ0n) is 10.5. The van der Waals surface area contributed by atoms with Gasteiger partial charge in [-0.1, -0.05) is 13.8 Å². The molecule has 1 fully saturated rings. The summed E-state index contributed by atoms with van der Waals surface area (Å²) in [4.78, 5) is 0. The second kappa shape index (κ2) is 5.67. The minimum absolute atomic E-state index is 0.280. The molecule has 0 spiro atoms. The summed E-state index contributed by atoms with van der Waals surface area (Å²) in [7, 11) is 1.91. The van der Waals surface area contributed by atoms with Crippen LogP contribution in [0.3, 0.4) is 0 Å². The Kier molecular flexibility index (Phi) is 4.44. The van der Waals surface area contributed by atoms with Crippen molar-refractivity contribution >= 4 is 23.5 Å². The molecule has 1 saturated heterocycles. The van der Waals surface area contributed by atoms with Crippen molar-refractivity contribution in [2.75, 3.05) is 5.75 Å². The van der Waals surface area contributed by atoms with Crippen LogP contribution in [0.1, 0.15) is 19.5 Å². The molecule has 0 saturated carbocycles. The Morgan fingerprint density at radius 3 is 2.88 bits per heavy atom. The molecule has 0 aliphatic carbocycles. The van der Waals surface area contributed by atoms with Gasteiger partial charge in [0.2, 0.25) is 0 Å². The molecule has 0 radical (unpaired) electrons. The van der Waals surface area contributed by atoms with Gasteiger partial charge in [-0.25, -0.2) is 0 Å². The molecule has 2 heterocycles. The second-order valence-corrected chi connectivity index (χ2v) is 7.70. The van der Waals surface area contributed by atoms with Gasteiger partial charge in [-0.15, -0.1) is 0 Å². The van der Waals surface area contributed by atoms with Crippen molar-refractivity contribution in [3.05, 3.63) is 18.0 Å². The maximum absolute atomic E-state index is 10.3. The summed E-state index contributed by atoms with van der Waals surface area (Å²) in [5, 5.41) is 16.2. The molecule has 4 atom stereocenters. The van der Waals surface area contributed by atoms with E-state index in [4.69, 9.17) is 0 Å². The summed E-state index contributed by atoms with van der Waals surface area (Å²) < 4.78 is 1.79. The number of aliphatic hydroxyl groups excluding tert-OH is 1. The Balaban J connectivity index is 1.90. The highest BCUT2D eigenvalue weighted by Gasteiger charge is 2.30. The van der Waals surface area contributed by atoms with E-state index in [2.05, 4.69) is 18.9 Å². The average molecular weight is 272 g/mol. The fourth-order valence-electron chi connectivity index (χ4n) is 1.93. The smallest absolute Gasteiger partial charge is 0.0722 e. The number of hydrogen-bond acceptors (Lipinski definition) is 4. The summed E-state index contributed by atoms with van der Waals surface area (Å²) in [5.41, 5.74) is 0.983. The van der Waals surface area contributed by atoms with Gasteiger partial charge in [0.1, 0.15) is 0 Å². The molecule has 96 valence electrons. The third-order valence-corrected chi connectivity index (χ3v) is 6.73. The predicted molar refractivity (Wildman–Crippen MR) is 75.7 cm³/mol. The number of nitrogens with zero attached hydrogens (tertiary/aromatic N) is 2. The Morgan fingerprint density at radius 2 is 2.29 bits per heavy atom. The first kappa shape index (κ1) is 13.3. The topological polar surface area (TPSA) is 38.0 Å². The number of aromatic nitrogens is 2. The van der Waals surface area contributed by atoms with Crippen LogP contribution in [-0.4, -0.2) is 42.5 Å². The van der Waals surface area contributed by atoms with Crippen molar-refractivity contribution in [1.29, 1.82) is 0 Å². The van der Waals surface area contributed by atoms with Crippen molar-refractivity contribution < 1.29 is 5.11 Å². The number of aryl methyl sites for hydroxylation is 1. The molecule has 1 aromatic rings. The van der Waals surface area contributed by atoms with Crippen LogP contribution < -0.4 is 0 Å². The fraction of sp³-hybridized carbons (Fsp3) is 0.750. The third kappa shape index (κ3) is 3.42. The van der Waals surface area contributed by atoms with Crippen molar-refractivity contribution in [1.82, 2.24) is 9.78 Å². The lowest BCUT2D eigenvalue weighted by Crippen LogP contribution is -2.35. The van der Waals surface area contributed by atoms with Gasteiger partial charge in [-0.05, 0) is 6.07 Å². The van der Waals surface area contributed by atoms with Gasteiger partial charge in [0, 0.05) is 41.2 Å². The molecule has 1 aromatic heterocycles. The van der Waals surface area contributed by atoms with Crippen LogP contribution in [0.2, 0.25) is 0 Å². The van der Waals surface area contributed by atoms with Gasteiger partial charge in [0.25, 0.3) is 0 Å². The summed E-state index contributed by atoms with van der Waals surface area (Å²) >= 11 is 3.90. The normalized spacial score (nSPS) is 31.4. The van der Waals surface area contributed by atoms with Gasteiger partial charge < -0.3 is 5.11 Å². The molecule has 1 N–H and O–H groups in total. The number of hydrogen-bond donors (Lipinski definition) is 1. The molecule has 1 aliphatic rings. The molecule has 4 unspecified atom stereocenters. The second-order valence-electron chi connectivity index (χ2n) is 4.67. The monoisotopic (exact) mass is 272 g/mol. The van der Waals surface area contributed by atoms with Crippen molar-refractivity contribution in [3.8, 4) is 0 Å². The highest BCUT2D eigenvalue weighted by Crippen LogP contribution is 2.37. The van der Waals surface area contributed by atoms with Crippen LogP contribution in [0.25, 0.3) is 0 Å². The van der Waals surface area contributed by atoms with Crippen LogP contribution in [0.5, 0.6) is 0 Å². The quantitative estimate of drug-likeness (QED) is 0.913. The van der Waals surface area contributed by atoms with Crippen LogP contribution in [0, 0.1) is 0 Å². The Bertz CT molecular complexity index is 369. The molecule has 17 heavy (non-hydrogen) atoms. The first-order valence-corrected chi connectivity index (χ1v) is 7.99. The minimum atomic E-state index is -0.280. The number of rotatable bonds is 3. The maximum Gasteiger partial charge on any atom is 0.0722 e. The molecule has 0 amide bonds. The highest BCUT2D eigenvalue weighted by atomic mass is 32.2. The first-order chi connectivity index (χ1) is 8.06. The lowest BCUT2D eigenvalue weighted by molar-refractivity contribution is 0.175. The van der Waals surface area contributed by atoms with Gasteiger partial charge in [0.15, 0.2) is 0 Å². The van der Waals surface area contributed by atoms with E-state index in [-0.39, 0.29) is 6.10 Å². The molecule has 1 aliphatic heterocycles. The summed E-state index contributed by atoms with van der Waals surface area (Å²) in [6.07, 6.45) is 2.31. The highest BCUT2D eigenvalue weighted by molar-refractivity contribution is 8.07.